The maximum absolute atomic E-state index is 4.11. The molecule has 16 heavy (non-hydrogen) atoms. The molecule has 0 aromatic rings. The molecule has 0 aromatic carbocycles. The van der Waals surface area contributed by atoms with Crippen molar-refractivity contribution < 1.29 is 0 Å². The van der Waals surface area contributed by atoms with Crippen LogP contribution in [0.4, 0.5) is 0 Å². The summed E-state index contributed by atoms with van der Waals surface area (Å²) in [6.07, 6.45) is 12.5. The Kier molecular flexibility index (Phi) is 4.35. The minimum Gasteiger partial charge on any atom is -0.0915 e. The van der Waals surface area contributed by atoms with Gasteiger partial charge in [-0.3, -0.25) is 0 Å². The summed E-state index contributed by atoms with van der Waals surface area (Å²) in [6.45, 7) is 13.0. The summed E-state index contributed by atoms with van der Waals surface area (Å²) in [5.74, 6) is 0. The first-order valence-corrected chi connectivity index (χ1v) is 6.12. The molecular formula is C16H24. The largest absolute Gasteiger partial charge is 0.0915 e. The number of allylic oxidation sites excluding steroid dienone is 7. The maximum Gasteiger partial charge on any atom is -0.0137 e. The summed E-state index contributed by atoms with van der Waals surface area (Å²) in [5.41, 5.74) is 4.18. The molecule has 0 spiro atoms. The molecule has 0 amide bonds. The summed E-state index contributed by atoms with van der Waals surface area (Å²) < 4.78 is 0. The molecule has 0 heterocycles. The van der Waals surface area contributed by atoms with Crippen molar-refractivity contribution in [1.29, 1.82) is 0 Å². The molecule has 0 aliphatic heterocycles. The van der Waals surface area contributed by atoms with Crippen molar-refractivity contribution in [3.63, 3.8) is 0 Å². The Morgan fingerprint density at radius 2 is 1.88 bits per heavy atom. The predicted molar refractivity (Wildman–Crippen MR) is 73.4 cm³/mol. The van der Waals surface area contributed by atoms with Gasteiger partial charge in [-0.05, 0) is 49.7 Å². The van der Waals surface area contributed by atoms with E-state index in [1.54, 1.807) is 0 Å². The second kappa shape index (κ2) is 5.34. The fraction of sp³-hybridized carbons (Fsp3) is 0.500. The molecule has 0 heteroatoms. The van der Waals surface area contributed by atoms with Crippen LogP contribution in [0.2, 0.25) is 0 Å². The van der Waals surface area contributed by atoms with E-state index in [0.717, 1.165) is 18.4 Å². The van der Waals surface area contributed by atoms with E-state index in [2.05, 4.69) is 58.6 Å². The van der Waals surface area contributed by atoms with E-state index in [9.17, 15) is 0 Å². The number of rotatable bonds is 0. The van der Waals surface area contributed by atoms with Gasteiger partial charge in [0.2, 0.25) is 0 Å². The Balaban J connectivity index is 2.95. The van der Waals surface area contributed by atoms with Crippen LogP contribution in [-0.2, 0) is 0 Å². The van der Waals surface area contributed by atoms with Crippen LogP contribution in [0.3, 0.4) is 0 Å². The monoisotopic (exact) mass is 216 g/mol. The normalized spacial score (nSPS) is 22.1. The van der Waals surface area contributed by atoms with Crippen LogP contribution in [0.15, 0.2) is 47.6 Å². The first-order valence-electron chi connectivity index (χ1n) is 6.12. The van der Waals surface area contributed by atoms with Gasteiger partial charge in [0.05, 0.1) is 0 Å². The van der Waals surface area contributed by atoms with E-state index in [1.807, 2.05) is 0 Å². The summed E-state index contributed by atoms with van der Waals surface area (Å²) >= 11 is 0. The van der Waals surface area contributed by atoms with E-state index in [1.165, 1.54) is 17.6 Å². The number of hydrogen-bond donors (Lipinski definition) is 0. The zero-order chi connectivity index (χ0) is 12.2. The fourth-order valence-corrected chi connectivity index (χ4v) is 1.71. The second-order valence-electron chi connectivity index (χ2n) is 5.53. The van der Waals surface area contributed by atoms with Gasteiger partial charge in [-0.2, -0.15) is 0 Å². The SMILES string of the molecule is C=C1C=CC(C)(C)CC=C(C)CCC=C1C. The lowest BCUT2D eigenvalue weighted by Gasteiger charge is -2.18. The average Bonchev–Trinajstić information content (AvgIpc) is 2.23. The summed E-state index contributed by atoms with van der Waals surface area (Å²) in [6, 6.07) is 0. The van der Waals surface area contributed by atoms with Gasteiger partial charge >= 0.3 is 0 Å². The lowest BCUT2D eigenvalue weighted by atomic mass is 9.87. The van der Waals surface area contributed by atoms with Gasteiger partial charge < -0.3 is 0 Å². The third kappa shape index (κ3) is 4.22. The van der Waals surface area contributed by atoms with Crippen molar-refractivity contribution in [2.45, 2.75) is 47.0 Å². The van der Waals surface area contributed by atoms with Gasteiger partial charge in [-0.1, -0.05) is 50.3 Å². The Bertz CT molecular complexity index is 348. The van der Waals surface area contributed by atoms with Gasteiger partial charge in [0.1, 0.15) is 0 Å². The maximum atomic E-state index is 4.11. The molecule has 0 nitrogen and oxygen atoms in total. The average molecular weight is 216 g/mol. The smallest absolute Gasteiger partial charge is 0.0137 e. The number of hydrogen-bond acceptors (Lipinski definition) is 0. The second-order valence-corrected chi connectivity index (χ2v) is 5.53. The molecule has 0 N–H and O–H groups in total. The highest BCUT2D eigenvalue weighted by Crippen LogP contribution is 2.26. The molecule has 0 fully saturated rings. The van der Waals surface area contributed by atoms with Gasteiger partial charge in [0, 0.05) is 0 Å². The van der Waals surface area contributed by atoms with Crippen molar-refractivity contribution in [1.82, 2.24) is 0 Å². The van der Waals surface area contributed by atoms with Crippen molar-refractivity contribution in [2.24, 2.45) is 5.41 Å². The summed E-state index contributed by atoms with van der Waals surface area (Å²) in [4.78, 5) is 0. The Labute approximate surface area is 100 Å². The lowest BCUT2D eigenvalue weighted by Crippen LogP contribution is -2.05. The van der Waals surface area contributed by atoms with Gasteiger partial charge in [-0.15, -0.1) is 0 Å². The first kappa shape index (κ1) is 13.0. The molecular weight excluding hydrogens is 192 g/mol. The molecule has 0 aromatic heterocycles. The minimum absolute atomic E-state index is 0.231. The zero-order valence-corrected chi connectivity index (χ0v) is 11.1. The topological polar surface area (TPSA) is 0 Å². The van der Waals surface area contributed by atoms with Crippen LogP contribution in [0.5, 0.6) is 0 Å². The van der Waals surface area contributed by atoms with Crippen molar-refractivity contribution in [3.05, 3.63) is 47.6 Å². The standard InChI is InChI=1S/C16H24/c1-13-7-6-8-14(2)15(3)10-12-16(4,5)11-9-13/h8-10,12H,3,6-7,11H2,1-2,4-5H3. The fourth-order valence-electron chi connectivity index (χ4n) is 1.71. The zero-order valence-electron chi connectivity index (χ0n) is 11.1. The summed E-state index contributed by atoms with van der Waals surface area (Å²) in [7, 11) is 0. The van der Waals surface area contributed by atoms with Crippen LogP contribution in [0.1, 0.15) is 47.0 Å². The third-order valence-electron chi connectivity index (χ3n) is 3.21. The first-order chi connectivity index (χ1) is 7.41. The Morgan fingerprint density at radius 3 is 2.56 bits per heavy atom. The van der Waals surface area contributed by atoms with Gasteiger partial charge in [0.15, 0.2) is 0 Å². The van der Waals surface area contributed by atoms with Crippen molar-refractivity contribution in [2.75, 3.05) is 0 Å². The van der Waals surface area contributed by atoms with E-state index in [0.29, 0.717) is 0 Å². The van der Waals surface area contributed by atoms with Crippen molar-refractivity contribution in [3.8, 4) is 0 Å². The van der Waals surface area contributed by atoms with E-state index in [-0.39, 0.29) is 5.41 Å². The Morgan fingerprint density at radius 1 is 1.19 bits per heavy atom. The predicted octanol–water partition coefficient (Wildman–Crippen LogP) is 5.20. The molecule has 0 atom stereocenters. The third-order valence-corrected chi connectivity index (χ3v) is 3.21. The molecule has 0 saturated heterocycles. The van der Waals surface area contributed by atoms with Crippen LogP contribution in [-0.4, -0.2) is 0 Å². The molecule has 88 valence electrons. The van der Waals surface area contributed by atoms with Crippen molar-refractivity contribution >= 4 is 0 Å². The molecule has 1 rings (SSSR count). The highest BCUT2D eigenvalue weighted by atomic mass is 14.2. The molecule has 0 bridgehead atoms. The molecule has 1 aliphatic carbocycles. The van der Waals surface area contributed by atoms with Crippen LogP contribution < -0.4 is 0 Å². The lowest BCUT2D eigenvalue weighted by molar-refractivity contribution is 0.487. The molecule has 0 unspecified atom stereocenters. The van der Waals surface area contributed by atoms with Crippen LogP contribution in [0, 0.1) is 5.41 Å². The van der Waals surface area contributed by atoms with Crippen LogP contribution in [0.25, 0.3) is 0 Å². The van der Waals surface area contributed by atoms with Gasteiger partial charge in [-0.25, -0.2) is 0 Å². The van der Waals surface area contributed by atoms with E-state index < -0.39 is 0 Å². The highest BCUT2D eigenvalue weighted by molar-refractivity contribution is 5.36. The van der Waals surface area contributed by atoms with E-state index >= 15 is 0 Å². The quantitative estimate of drug-likeness (QED) is 0.488. The summed E-state index contributed by atoms with van der Waals surface area (Å²) in [5, 5.41) is 0. The molecule has 0 saturated carbocycles. The molecule has 0 radical (unpaired) electrons. The van der Waals surface area contributed by atoms with Gasteiger partial charge in [0.25, 0.3) is 0 Å². The highest BCUT2D eigenvalue weighted by Gasteiger charge is 2.12. The molecule has 1 aliphatic rings. The minimum atomic E-state index is 0.231. The van der Waals surface area contributed by atoms with Crippen LogP contribution >= 0.6 is 0 Å². The Hall–Kier alpha value is -1.04. The van der Waals surface area contributed by atoms with E-state index in [4.69, 9.17) is 0 Å².